The second-order valence-electron chi connectivity index (χ2n) is 6.53. The van der Waals surface area contributed by atoms with Crippen LogP contribution in [0.4, 0.5) is 5.69 Å². The minimum absolute atomic E-state index is 0.196. The number of amides is 1. The highest BCUT2D eigenvalue weighted by atomic mass is 16.5. The average Bonchev–Trinajstić information content (AvgIpc) is 2.68. The molecule has 3 aromatic rings. The Morgan fingerprint density at radius 1 is 0.929 bits per heavy atom. The highest BCUT2D eigenvalue weighted by Crippen LogP contribution is 2.22. The lowest BCUT2D eigenvalue weighted by Gasteiger charge is -2.14. The number of phenols is 1. The van der Waals surface area contributed by atoms with E-state index in [9.17, 15) is 14.7 Å². The smallest absolute Gasteiger partial charge is 0.338 e. The Kier molecular flexibility index (Phi) is 5.75. The first kappa shape index (κ1) is 19.2. The van der Waals surface area contributed by atoms with Gasteiger partial charge in [0.1, 0.15) is 5.75 Å². The monoisotopic (exact) mass is 375 g/mol. The lowest BCUT2D eigenvalue weighted by atomic mass is 10.0. The molecule has 0 aliphatic rings. The number of carbonyl (C=O) groups is 2. The van der Waals surface area contributed by atoms with E-state index in [1.165, 1.54) is 6.92 Å². The SMILES string of the molecule is Cc1cccc(NC(=O)[C@H](C)OC(=O)c2ccc(-c3ccc(O)cc3)cc2)c1. The van der Waals surface area contributed by atoms with Gasteiger partial charge in [0.15, 0.2) is 6.10 Å². The van der Waals surface area contributed by atoms with Gasteiger partial charge in [0, 0.05) is 5.69 Å². The Labute approximate surface area is 163 Å². The number of hydrogen-bond donors (Lipinski definition) is 2. The average molecular weight is 375 g/mol. The van der Waals surface area contributed by atoms with Crippen LogP contribution in [0.15, 0.2) is 72.8 Å². The molecule has 0 bridgehead atoms. The molecular weight excluding hydrogens is 354 g/mol. The minimum atomic E-state index is -0.926. The van der Waals surface area contributed by atoms with Crippen LogP contribution >= 0.6 is 0 Å². The Hall–Kier alpha value is -3.60. The molecule has 5 nitrogen and oxygen atoms in total. The Morgan fingerprint density at radius 2 is 1.54 bits per heavy atom. The summed E-state index contributed by atoms with van der Waals surface area (Å²) in [6.07, 6.45) is -0.926. The van der Waals surface area contributed by atoms with Gasteiger partial charge in [0.25, 0.3) is 5.91 Å². The standard InChI is InChI=1S/C23H21NO4/c1-15-4-3-5-20(14-15)24-22(26)16(2)28-23(27)19-8-6-17(7-9-19)18-10-12-21(25)13-11-18/h3-14,16,25H,1-2H3,(H,24,26)/t16-/m0/s1. The molecule has 142 valence electrons. The predicted molar refractivity (Wildman–Crippen MR) is 108 cm³/mol. The van der Waals surface area contributed by atoms with Crippen LogP contribution < -0.4 is 5.32 Å². The maximum atomic E-state index is 12.3. The normalized spacial score (nSPS) is 11.5. The zero-order valence-corrected chi connectivity index (χ0v) is 15.7. The third-order valence-electron chi connectivity index (χ3n) is 4.26. The number of hydrogen-bond acceptors (Lipinski definition) is 4. The van der Waals surface area contributed by atoms with Crippen LogP contribution in [0.5, 0.6) is 5.75 Å². The van der Waals surface area contributed by atoms with Gasteiger partial charge in [-0.2, -0.15) is 0 Å². The first-order valence-electron chi connectivity index (χ1n) is 8.90. The van der Waals surface area contributed by atoms with Crippen molar-refractivity contribution < 1.29 is 19.4 Å². The summed E-state index contributed by atoms with van der Waals surface area (Å²) in [6.45, 7) is 3.47. The summed E-state index contributed by atoms with van der Waals surface area (Å²) in [5, 5.41) is 12.1. The van der Waals surface area contributed by atoms with Crippen molar-refractivity contribution >= 4 is 17.6 Å². The van der Waals surface area contributed by atoms with E-state index in [4.69, 9.17) is 4.74 Å². The molecule has 0 saturated carbocycles. The van der Waals surface area contributed by atoms with Crippen LogP contribution in [-0.4, -0.2) is 23.1 Å². The molecule has 1 amide bonds. The summed E-state index contributed by atoms with van der Waals surface area (Å²) in [5.41, 5.74) is 3.87. The molecule has 0 unspecified atom stereocenters. The minimum Gasteiger partial charge on any atom is -0.508 e. The molecule has 0 radical (unpaired) electrons. The van der Waals surface area contributed by atoms with Crippen molar-refractivity contribution in [3.05, 3.63) is 83.9 Å². The van der Waals surface area contributed by atoms with E-state index < -0.39 is 12.1 Å². The Balaban J connectivity index is 1.62. The number of benzene rings is 3. The maximum absolute atomic E-state index is 12.3. The number of esters is 1. The first-order valence-corrected chi connectivity index (χ1v) is 8.90. The van der Waals surface area contributed by atoms with Gasteiger partial charge in [-0.25, -0.2) is 4.79 Å². The summed E-state index contributed by atoms with van der Waals surface area (Å²) in [4.78, 5) is 24.6. The molecule has 5 heteroatoms. The summed E-state index contributed by atoms with van der Waals surface area (Å²) in [5.74, 6) is -0.759. The molecule has 0 fully saturated rings. The van der Waals surface area contributed by atoms with Crippen LogP contribution in [0.2, 0.25) is 0 Å². The van der Waals surface area contributed by atoms with Crippen molar-refractivity contribution in [1.82, 2.24) is 0 Å². The second kappa shape index (κ2) is 8.39. The Morgan fingerprint density at radius 3 is 2.14 bits per heavy atom. The third kappa shape index (κ3) is 4.76. The van der Waals surface area contributed by atoms with Gasteiger partial charge >= 0.3 is 5.97 Å². The summed E-state index contributed by atoms with van der Waals surface area (Å²) < 4.78 is 5.28. The van der Waals surface area contributed by atoms with Crippen LogP contribution in [0.3, 0.4) is 0 Å². The van der Waals surface area contributed by atoms with E-state index in [0.717, 1.165) is 16.7 Å². The molecule has 3 aromatic carbocycles. The van der Waals surface area contributed by atoms with Gasteiger partial charge in [-0.3, -0.25) is 4.79 Å². The zero-order chi connectivity index (χ0) is 20.1. The van der Waals surface area contributed by atoms with Gasteiger partial charge in [-0.1, -0.05) is 36.4 Å². The van der Waals surface area contributed by atoms with Gasteiger partial charge in [0.2, 0.25) is 0 Å². The van der Waals surface area contributed by atoms with Crippen LogP contribution in [0, 0.1) is 6.92 Å². The van der Waals surface area contributed by atoms with Crippen molar-refractivity contribution in [3.8, 4) is 16.9 Å². The second-order valence-corrected chi connectivity index (χ2v) is 6.53. The van der Waals surface area contributed by atoms with E-state index in [1.54, 1.807) is 54.6 Å². The first-order chi connectivity index (χ1) is 13.4. The maximum Gasteiger partial charge on any atom is 0.338 e. The van der Waals surface area contributed by atoms with E-state index in [2.05, 4.69) is 5.32 Å². The largest absolute Gasteiger partial charge is 0.508 e. The number of anilines is 1. The molecule has 0 aromatic heterocycles. The summed E-state index contributed by atoms with van der Waals surface area (Å²) in [7, 11) is 0. The molecule has 2 N–H and O–H groups in total. The zero-order valence-electron chi connectivity index (χ0n) is 15.7. The van der Waals surface area contributed by atoms with Gasteiger partial charge in [0.05, 0.1) is 5.56 Å². The molecule has 1 atom stereocenters. The predicted octanol–water partition coefficient (Wildman–Crippen LogP) is 4.55. The van der Waals surface area contributed by atoms with Gasteiger partial charge < -0.3 is 15.2 Å². The van der Waals surface area contributed by atoms with E-state index >= 15 is 0 Å². The van der Waals surface area contributed by atoms with Crippen molar-refractivity contribution in [2.24, 2.45) is 0 Å². The fourth-order valence-electron chi connectivity index (χ4n) is 2.70. The quantitative estimate of drug-likeness (QED) is 0.642. The van der Waals surface area contributed by atoms with Crippen molar-refractivity contribution in [2.75, 3.05) is 5.32 Å². The molecule has 0 aliphatic carbocycles. The molecular formula is C23H21NO4. The summed E-state index contributed by atoms with van der Waals surface area (Å²) >= 11 is 0. The molecule has 0 spiro atoms. The molecule has 0 aliphatic heterocycles. The van der Waals surface area contributed by atoms with Crippen molar-refractivity contribution in [1.29, 1.82) is 0 Å². The lowest BCUT2D eigenvalue weighted by Crippen LogP contribution is -2.30. The van der Waals surface area contributed by atoms with Crippen LogP contribution in [0.25, 0.3) is 11.1 Å². The molecule has 3 rings (SSSR count). The number of rotatable bonds is 5. The number of carbonyl (C=O) groups excluding carboxylic acids is 2. The van der Waals surface area contributed by atoms with Crippen molar-refractivity contribution in [2.45, 2.75) is 20.0 Å². The molecule has 0 heterocycles. The van der Waals surface area contributed by atoms with Gasteiger partial charge in [-0.05, 0) is 66.9 Å². The fraction of sp³-hybridized carbons (Fsp3) is 0.130. The highest BCUT2D eigenvalue weighted by Gasteiger charge is 2.19. The van der Waals surface area contributed by atoms with Gasteiger partial charge in [-0.15, -0.1) is 0 Å². The Bertz CT molecular complexity index is 978. The fourth-order valence-corrected chi connectivity index (χ4v) is 2.70. The van der Waals surface area contributed by atoms with Crippen LogP contribution in [-0.2, 0) is 9.53 Å². The molecule has 28 heavy (non-hydrogen) atoms. The van der Waals surface area contributed by atoms with E-state index in [1.807, 2.05) is 25.1 Å². The highest BCUT2D eigenvalue weighted by molar-refractivity contribution is 5.97. The third-order valence-corrected chi connectivity index (χ3v) is 4.26. The number of aromatic hydroxyl groups is 1. The van der Waals surface area contributed by atoms with E-state index in [0.29, 0.717) is 11.3 Å². The lowest BCUT2D eigenvalue weighted by molar-refractivity contribution is -0.123. The summed E-state index contributed by atoms with van der Waals surface area (Å²) in [6, 6.07) is 21.1. The number of phenolic OH excluding ortho intramolecular Hbond substituents is 1. The van der Waals surface area contributed by atoms with Crippen molar-refractivity contribution in [3.63, 3.8) is 0 Å². The van der Waals surface area contributed by atoms with E-state index in [-0.39, 0.29) is 11.7 Å². The molecule has 0 saturated heterocycles. The topological polar surface area (TPSA) is 75.6 Å². The number of aryl methyl sites for hydroxylation is 1. The van der Waals surface area contributed by atoms with Crippen LogP contribution in [0.1, 0.15) is 22.8 Å². The number of nitrogens with one attached hydrogen (secondary N) is 1. The number of ether oxygens (including phenoxy) is 1.